The van der Waals surface area contributed by atoms with E-state index in [0.717, 1.165) is 11.3 Å². The van der Waals surface area contributed by atoms with Gasteiger partial charge in [-0.1, -0.05) is 6.07 Å². The fourth-order valence-corrected chi connectivity index (χ4v) is 1.69. The Morgan fingerprint density at radius 2 is 1.95 bits per heavy atom. The lowest BCUT2D eigenvalue weighted by atomic mass is 10.1. The summed E-state index contributed by atoms with van der Waals surface area (Å²) in [6, 6.07) is 5.57. The van der Waals surface area contributed by atoms with Crippen molar-refractivity contribution in [1.29, 1.82) is 0 Å². The largest absolute Gasteiger partial charge is 0.387 e. The standard InChI is InChI=1S/C14H21N3O2/c1-9(2)17-13(18)8-16-14(19)11-6-5-10(3)7-12(11)15-4/h5-7,9,15H,8H2,1-4H3,(H,16,19)(H,17,18). The van der Waals surface area contributed by atoms with Gasteiger partial charge in [0.1, 0.15) is 0 Å². The van der Waals surface area contributed by atoms with E-state index >= 15 is 0 Å². The number of nitrogens with one attached hydrogen (secondary N) is 3. The molecule has 5 heteroatoms. The number of carbonyl (C=O) groups excluding carboxylic acids is 2. The number of hydrogen-bond donors (Lipinski definition) is 3. The van der Waals surface area contributed by atoms with Crippen LogP contribution in [0.4, 0.5) is 5.69 Å². The van der Waals surface area contributed by atoms with Crippen molar-refractivity contribution in [3.63, 3.8) is 0 Å². The monoisotopic (exact) mass is 263 g/mol. The summed E-state index contributed by atoms with van der Waals surface area (Å²) in [5, 5.41) is 8.30. The highest BCUT2D eigenvalue weighted by atomic mass is 16.2. The van der Waals surface area contributed by atoms with E-state index in [1.54, 1.807) is 13.1 Å². The highest BCUT2D eigenvalue weighted by molar-refractivity contribution is 6.01. The van der Waals surface area contributed by atoms with Crippen LogP contribution in [0.25, 0.3) is 0 Å². The van der Waals surface area contributed by atoms with Crippen molar-refractivity contribution in [1.82, 2.24) is 10.6 Å². The van der Waals surface area contributed by atoms with Gasteiger partial charge in [0, 0.05) is 18.8 Å². The first-order chi connectivity index (χ1) is 8.93. The average Bonchev–Trinajstić information content (AvgIpc) is 2.34. The Bertz CT molecular complexity index is 470. The van der Waals surface area contributed by atoms with Gasteiger partial charge in [-0.25, -0.2) is 0 Å². The minimum atomic E-state index is -0.261. The van der Waals surface area contributed by atoms with Crippen LogP contribution < -0.4 is 16.0 Å². The molecule has 0 spiro atoms. The zero-order chi connectivity index (χ0) is 14.4. The van der Waals surface area contributed by atoms with E-state index in [9.17, 15) is 9.59 Å². The van der Waals surface area contributed by atoms with Gasteiger partial charge in [0.05, 0.1) is 12.1 Å². The topological polar surface area (TPSA) is 70.2 Å². The quantitative estimate of drug-likeness (QED) is 0.749. The number of aryl methyl sites for hydroxylation is 1. The third kappa shape index (κ3) is 4.62. The Morgan fingerprint density at radius 3 is 2.53 bits per heavy atom. The zero-order valence-corrected chi connectivity index (χ0v) is 11.8. The highest BCUT2D eigenvalue weighted by Crippen LogP contribution is 2.16. The Hall–Kier alpha value is -2.04. The molecule has 1 aromatic rings. The third-order valence-electron chi connectivity index (χ3n) is 2.55. The van der Waals surface area contributed by atoms with Crippen LogP contribution in [0.15, 0.2) is 18.2 Å². The number of carbonyl (C=O) groups is 2. The first-order valence-corrected chi connectivity index (χ1v) is 6.30. The summed E-state index contributed by atoms with van der Waals surface area (Å²) in [4.78, 5) is 23.5. The normalized spacial score (nSPS) is 10.2. The van der Waals surface area contributed by atoms with Crippen LogP contribution in [0.3, 0.4) is 0 Å². The van der Waals surface area contributed by atoms with Gasteiger partial charge < -0.3 is 16.0 Å². The predicted molar refractivity (Wildman–Crippen MR) is 76.3 cm³/mol. The Labute approximate surface area is 113 Å². The van der Waals surface area contributed by atoms with E-state index < -0.39 is 0 Å². The third-order valence-corrected chi connectivity index (χ3v) is 2.55. The molecule has 0 atom stereocenters. The molecule has 3 N–H and O–H groups in total. The van der Waals surface area contributed by atoms with Gasteiger partial charge in [-0.05, 0) is 38.5 Å². The second kappa shape index (κ2) is 6.78. The van der Waals surface area contributed by atoms with Gasteiger partial charge >= 0.3 is 0 Å². The maximum atomic E-state index is 12.0. The molecule has 0 unspecified atom stereocenters. The lowest BCUT2D eigenvalue weighted by Crippen LogP contribution is -2.39. The van der Waals surface area contributed by atoms with E-state index in [-0.39, 0.29) is 24.4 Å². The lowest BCUT2D eigenvalue weighted by Gasteiger charge is -2.12. The van der Waals surface area contributed by atoms with Crippen LogP contribution in [0.2, 0.25) is 0 Å². The average molecular weight is 263 g/mol. The minimum absolute atomic E-state index is 0.0198. The summed E-state index contributed by atoms with van der Waals surface area (Å²) in [5.74, 6) is -0.454. The SMILES string of the molecule is CNc1cc(C)ccc1C(=O)NCC(=O)NC(C)C. The lowest BCUT2D eigenvalue weighted by molar-refractivity contribution is -0.120. The smallest absolute Gasteiger partial charge is 0.253 e. The second-order valence-electron chi connectivity index (χ2n) is 4.70. The van der Waals surface area contributed by atoms with Crippen LogP contribution >= 0.6 is 0 Å². The van der Waals surface area contributed by atoms with Crippen LogP contribution in [0.1, 0.15) is 29.8 Å². The van der Waals surface area contributed by atoms with E-state index in [0.29, 0.717) is 5.56 Å². The predicted octanol–water partition coefficient (Wildman–Crippen LogP) is 1.29. The van der Waals surface area contributed by atoms with Crippen LogP contribution in [-0.2, 0) is 4.79 Å². The second-order valence-corrected chi connectivity index (χ2v) is 4.70. The van der Waals surface area contributed by atoms with Crippen molar-refractivity contribution in [3.8, 4) is 0 Å². The fourth-order valence-electron chi connectivity index (χ4n) is 1.69. The minimum Gasteiger partial charge on any atom is -0.387 e. The maximum Gasteiger partial charge on any atom is 0.253 e. The molecule has 0 aliphatic carbocycles. The van der Waals surface area contributed by atoms with Gasteiger partial charge in [-0.2, -0.15) is 0 Å². The van der Waals surface area contributed by atoms with Crippen molar-refractivity contribution in [2.24, 2.45) is 0 Å². The number of amides is 2. The van der Waals surface area contributed by atoms with Gasteiger partial charge in [-0.3, -0.25) is 9.59 Å². The molecular weight excluding hydrogens is 242 g/mol. The molecule has 104 valence electrons. The highest BCUT2D eigenvalue weighted by Gasteiger charge is 2.12. The molecule has 0 aliphatic heterocycles. The number of anilines is 1. The summed E-state index contributed by atoms with van der Waals surface area (Å²) >= 11 is 0. The molecule has 2 amide bonds. The first kappa shape index (κ1) is 15.0. The van der Waals surface area contributed by atoms with Crippen molar-refractivity contribution < 1.29 is 9.59 Å². The summed E-state index contributed by atoms with van der Waals surface area (Å²) < 4.78 is 0. The van der Waals surface area contributed by atoms with E-state index in [4.69, 9.17) is 0 Å². The molecule has 0 aromatic heterocycles. The van der Waals surface area contributed by atoms with E-state index in [1.807, 2.05) is 32.9 Å². The zero-order valence-electron chi connectivity index (χ0n) is 11.8. The molecule has 5 nitrogen and oxygen atoms in total. The number of hydrogen-bond acceptors (Lipinski definition) is 3. The van der Waals surface area contributed by atoms with Crippen LogP contribution in [0, 0.1) is 6.92 Å². The molecule has 0 fully saturated rings. The van der Waals surface area contributed by atoms with Gasteiger partial charge in [0.15, 0.2) is 0 Å². The Kier molecular flexibility index (Phi) is 5.36. The Morgan fingerprint density at radius 1 is 1.26 bits per heavy atom. The summed E-state index contributed by atoms with van der Waals surface area (Å²) in [6.07, 6.45) is 0. The molecule has 1 aromatic carbocycles. The fraction of sp³-hybridized carbons (Fsp3) is 0.429. The summed E-state index contributed by atoms with van der Waals surface area (Å²) in [5.41, 5.74) is 2.35. The van der Waals surface area contributed by atoms with Crippen molar-refractivity contribution in [2.75, 3.05) is 18.9 Å². The molecule has 19 heavy (non-hydrogen) atoms. The van der Waals surface area contributed by atoms with Gasteiger partial charge in [-0.15, -0.1) is 0 Å². The molecule has 0 bridgehead atoms. The summed E-state index contributed by atoms with van der Waals surface area (Å²) in [7, 11) is 1.76. The van der Waals surface area contributed by atoms with E-state index in [1.165, 1.54) is 0 Å². The van der Waals surface area contributed by atoms with Crippen molar-refractivity contribution >= 4 is 17.5 Å². The molecule has 0 radical (unpaired) electrons. The maximum absolute atomic E-state index is 12.0. The molecule has 0 saturated heterocycles. The Balaban J connectivity index is 2.66. The van der Waals surface area contributed by atoms with Crippen LogP contribution in [0.5, 0.6) is 0 Å². The van der Waals surface area contributed by atoms with E-state index in [2.05, 4.69) is 16.0 Å². The number of benzene rings is 1. The van der Waals surface area contributed by atoms with Crippen molar-refractivity contribution in [3.05, 3.63) is 29.3 Å². The molecule has 0 aliphatic rings. The summed E-state index contributed by atoms with van der Waals surface area (Å²) in [6.45, 7) is 5.68. The molecule has 0 heterocycles. The molecule has 1 rings (SSSR count). The van der Waals surface area contributed by atoms with Gasteiger partial charge in [0.25, 0.3) is 5.91 Å². The first-order valence-electron chi connectivity index (χ1n) is 6.30. The number of rotatable bonds is 5. The van der Waals surface area contributed by atoms with Crippen molar-refractivity contribution in [2.45, 2.75) is 26.8 Å². The van der Waals surface area contributed by atoms with Gasteiger partial charge in [0.2, 0.25) is 5.91 Å². The molecule has 0 saturated carbocycles. The molecular formula is C14H21N3O2. The van der Waals surface area contributed by atoms with Crippen LogP contribution in [-0.4, -0.2) is 31.4 Å².